The standard InChI is InChI=1S/C13H23NO/c1-12(2)9-5-10-7-15-8-14(4)13(10,3)11(12)6-9/h9-11H,5-8H2,1-4H3/t9-,10+,11+,13-/m1/s1. The van der Waals surface area contributed by atoms with Crippen LogP contribution in [-0.4, -0.2) is 30.8 Å². The lowest BCUT2D eigenvalue weighted by Crippen LogP contribution is -2.72. The van der Waals surface area contributed by atoms with E-state index in [9.17, 15) is 0 Å². The molecule has 4 aliphatic rings. The number of rotatable bonds is 0. The first-order chi connectivity index (χ1) is 6.97. The minimum atomic E-state index is 0.399. The number of hydrogen-bond acceptors (Lipinski definition) is 2. The first kappa shape index (κ1) is 10.1. The molecule has 0 aromatic rings. The fraction of sp³-hybridized carbons (Fsp3) is 1.00. The third-order valence-electron chi connectivity index (χ3n) is 6.00. The summed E-state index contributed by atoms with van der Waals surface area (Å²) in [6, 6.07) is 0. The van der Waals surface area contributed by atoms with Gasteiger partial charge in [-0.05, 0) is 44.1 Å². The second-order valence-electron chi connectivity index (χ2n) is 6.66. The second kappa shape index (κ2) is 2.78. The lowest BCUT2D eigenvalue weighted by atomic mass is 9.40. The van der Waals surface area contributed by atoms with Crippen molar-refractivity contribution in [1.82, 2.24) is 4.90 Å². The monoisotopic (exact) mass is 209 g/mol. The van der Waals surface area contributed by atoms with Gasteiger partial charge in [0.15, 0.2) is 0 Å². The van der Waals surface area contributed by atoms with Gasteiger partial charge >= 0.3 is 0 Å². The average Bonchev–Trinajstić information content (AvgIpc) is 2.18. The quantitative estimate of drug-likeness (QED) is 0.607. The van der Waals surface area contributed by atoms with Gasteiger partial charge in [-0.1, -0.05) is 13.8 Å². The maximum Gasteiger partial charge on any atom is 0.0992 e. The van der Waals surface area contributed by atoms with E-state index in [-0.39, 0.29) is 0 Å². The summed E-state index contributed by atoms with van der Waals surface area (Å²) in [5.41, 5.74) is 0.966. The predicted octanol–water partition coefficient (Wildman–Crippen LogP) is 2.35. The van der Waals surface area contributed by atoms with Gasteiger partial charge in [0.25, 0.3) is 0 Å². The van der Waals surface area contributed by atoms with Crippen LogP contribution in [0.2, 0.25) is 0 Å². The van der Waals surface area contributed by atoms with Gasteiger partial charge in [-0.15, -0.1) is 0 Å². The summed E-state index contributed by atoms with van der Waals surface area (Å²) in [6.07, 6.45) is 2.83. The van der Waals surface area contributed by atoms with Gasteiger partial charge in [0.1, 0.15) is 0 Å². The van der Waals surface area contributed by atoms with E-state index < -0.39 is 0 Å². The SMILES string of the molecule is CN1COC[C@@H]2C[C@@H]3C[C@@H](C3(C)C)[C@@]21C. The molecule has 86 valence electrons. The highest BCUT2D eigenvalue weighted by Gasteiger charge is 2.64. The minimum Gasteiger partial charge on any atom is -0.366 e. The van der Waals surface area contributed by atoms with Gasteiger partial charge < -0.3 is 4.74 Å². The summed E-state index contributed by atoms with van der Waals surface area (Å²) in [6.45, 7) is 9.23. The maximum absolute atomic E-state index is 5.68. The Bertz CT molecular complexity index is 288. The summed E-state index contributed by atoms with van der Waals surface area (Å²) in [4.78, 5) is 2.46. The van der Waals surface area contributed by atoms with Crippen LogP contribution in [0.4, 0.5) is 0 Å². The third kappa shape index (κ3) is 1.03. The molecule has 1 saturated heterocycles. The Morgan fingerprint density at radius 1 is 1.13 bits per heavy atom. The summed E-state index contributed by atoms with van der Waals surface area (Å²) < 4.78 is 5.68. The van der Waals surface area contributed by atoms with Gasteiger partial charge in [-0.2, -0.15) is 0 Å². The Labute approximate surface area is 93.0 Å². The zero-order chi connectivity index (χ0) is 10.8. The lowest BCUT2D eigenvalue weighted by molar-refractivity contribution is -0.245. The van der Waals surface area contributed by atoms with Crippen LogP contribution < -0.4 is 0 Å². The van der Waals surface area contributed by atoms with Crippen molar-refractivity contribution in [3.05, 3.63) is 0 Å². The van der Waals surface area contributed by atoms with Crippen molar-refractivity contribution in [1.29, 1.82) is 0 Å². The molecule has 0 unspecified atom stereocenters. The zero-order valence-corrected chi connectivity index (χ0v) is 10.4. The van der Waals surface area contributed by atoms with Crippen molar-refractivity contribution >= 4 is 0 Å². The summed E-state index contributed by atoms with van der Waals surface area (Å²) >= 11 is 0. The van der Waals surface area contributed by atoms with Crippen LogP contribution in [0.3, 0.4) is 0 Å². The van der Waals surface area contributed by atoms with Crippen LogP contribution in [0.1, 0.15) is 33.6 Å². The normalized spacial score (nSPS) is 53.2. The van der Waals surface area contributed by atoms with E-state index in [0.717, 1.165) is 31.1 Å². The van der Waals surface area contributed by atoms with Crippen molar-refractivity contribution in [3.8, 4) is 0 Å². The van der Waals surface area contributed by atoms with Crippen LogP contribution in [0.15, 0.2) is 0 Å². The second-order valence-corrected chi connectivity index (χ2v) is 6.66. The van der Waals surface area contributed by atoms with Gasteiger partial charge in [-0.25, -0.2) is 0 Å². The molecule has 15 heavy (non-hydrogen) atoms. The molecule has 0 amide bonds. The first-order valence-electron chi connectivity index (χ1n) is 6.26. The molecule has 0 aromatic carbocycles. The van der Waals surface area contributed by atoms with Gasteiger partial charge in [0.2, 0.25) is 0 Å². The van der Waals surface area contributed by atoms with Gasteiger partial charge in [0, 0.05) is 11.5 Å². The average molecular weight is 209 g/mol. The van der Waals surface area contributed by atoms with Crippen LogP contribution >= 0.6 is 0 Å². The number of hydrogen-bond donors (Lipinski definition) is 0. The van der Waals surface area contributed by atoms with E-state index in [4.69, 9.17) is 4.74 Å². The van der Waals surface area contributed by atoms with E-state index >= 15 is 0 Å². The Morgan fingerprint density at radius 2 is 1.87 bits per heavy atom. The van der Waals surface area contributed by atoms with Crippen molar-refractivity contribution in [2.24, 2.45) is 23.2 Å². The van der Waals surface area contributed by atoms with E-state index in [0.29, 0.717) is 11.0 Å². The molecule has 2 bridgehead atoms. The van der Waals surface area contributed by atoms with E-state index in [1.54, 1.807) is 0 Å². The molecule has 0 N–H and O–H groups in total. The van der Waals surface area contributed by atoms with Crippen molar-refractivity contribution in [3.63, 3.8) is 0 Å². The van der Waals surface area contributed by atoms with E-state index in [1.165, 1.54) is 12.8 Å². The summed E-state index contributed by atoms with van der Waals surface area (Å²) in [5, 5.41) is 0. The molecular weight excluding hydrogens is 186 g/mol. The van der Waals surface area contributed by atoms with Crippen molar-refractivity contribution in [2.75, 3.05) is 20.4 Å². The zero-order valence-electron chi connectivity index (χ0n) is 10.4. The Hall–Kier alpha value is -0.0800. The molecule has 1 aliphatic heterocycles. The van der Waals surface area contributed by atoms with Crippen LogP contribution in [0, 0.1) is 23.2 Å². The van der Waals surface area contributed by atoms with Crippen LogP contribution in [-0.2, 0) is 4.74 Å². The van der Waals surface area contributed by atoms with E-state index in [2.05, 4.69) is 32.7 Å². The third-order valence-corrected chi connectivity index (χ3v) is 6.00. The fourth-order valence-electron chi connectivity index (χ4n) is 4.56. The molecule has 4 fully saturated rings. The number of ether oxygens (including phenoxy) is 1. The molecule has 3 saturated carbocycles. The van der Waals surface area contributed by atoms with Crippen molar-refractivity contribution < 1.29 is 4.74 Å². The molecule has 0 radical (unpaired) electrons. The molecular formula is C13H23NO. The molecule has 1 heterocycles. The highest BCUT2D eigenvalue weighted by atomic mass is 16.5. The summed E-state index contributed by atoms with van der Waals surface area (Å²) in [7, 11) is 2.24. The van der Waals surface area contributed by atoms with Gasteiger partial charge in [0.05, 0.1) is 13.3 Å². The van der Waals surface area contributed by atoms with Crippen LogP contribution in [0.5, 0.6) is 0 Å². The highest BCUT2D eigenvalue weighted by Crippen LogP contribution is 2.66. The highest BCUT2D eigenvalue weighted by molar-refractivity contribution is 5.16. The van der Waals surface area contributed by atoms with Crippen LogP contribution in [0.25, 0.3) is 0 Å². The molecule has 0 spiro atoms. The molecule has 4 atom stereocenters. The molecule has 2 nitrogen and oxygen atoms in total. The smallest absolute Gasteiger partial charge is 0.0992 e. The molecule has 2 heteroatoms. The Balaban J connectivity index is 1.96. The molecule has 0 aromatic heterocycles. The largest absolute Gasteiger partial charge is 0.366 e. The van der Waals surface area contributed by atoms with E-state index in [1.807, 2.05) is 0 Å². The number of nitrogens with zero attached hydrogens (tertiary/aromatic N) is 1. The maximum atomic E-state index is 5.68. The topological polar surface area (TPSA) is 12.5 Å². The lowest BCUT2D eigenvalue weighted by Gasteiger charge is -2.70. The molecule has 3 aliphatic carbocycles. The Morgan fingerprint density at radius 3 is 2.53 bits per heavy atom. The van der Waals surface area contributed by atoms with Crippen molar-refractivity contribution in [2.45, 2.75) is 39.2 Å². The van der Waals surface area contributed by atoms with Gasteiger partial charge in [-0.3, -0.25) is 4.90 Å². The first-order valence-corrected chi connectivity index (χ1v) is 6.26. The predicted molar refractivity (Wildman–Crippen MR) is 60.5 cm³/mol. The summed E-state index contributed by atoms with van der Waals surface area (Å²) in [5.74, 6) is 2.60. The minimum absolute atomic E-state index is 0.399. The molecule has 4 rings (SSSR count). The Kier molecular flexibility index (Phi) is 1.87. The fourth-order valence-corrected chi connectivity index (χ4v) is 4.56.